The maximum atomic E-state index is 13.6. The second-order valence-electron chi connectivity index (χ2n) is 8.65. The van der Waals surface area contributed by atoms with Gasteiger partial charge in [-0.15, -0.1) is 11.3 Å². The van der Waals surface area contributed by atoms with Crippen LogP contribution in [0, 0.1) is 0 Å². The zero-order valence-corrected chi connectivity index (χ0v) is 18.6. The van der Waals surface area contributed by atoms with E-state index < -0.39 is 29.4 Å². The van der Waals surface area contributed by atoms with Gasteiger partial charge in [0, 0.05) is 41.3 Å². The van der Waals surface area contributed by atoms with E-state index in [1.54, 1.807) is 10.9 Å². The monoisotopic (exact) mass is 475 g/mol. The number of nitrogens with zero attached hydrogens (tertiary/aromatic N) is 3. The van der Waals surface area contributed by atoms with Crippen LogP contribution in [0.4, 0.5) is 13.2 Å². The number of aliphatic hydroxyl groups excluding tert-OH is 3. The van der Waals surface area contributed by atoms with Gasteiger partial charge in [-0.3, -0.25) is 9.58 Å². The highest BCUT2D eigenvalue weighted by Crippen LogP contribution is 2.51. The van der Waals surface area contributed by atoms with Crippen LogP contribution in [0.25, 0.3) is 0 Å². The van der Waals surface area contributed by atoms with Gasteiger partial charge in [0.25, 0.3) is 0 Å². The Kier molecular flexibility index (Phi) is 6.68. The van der Waals surface area contributed by atoms with Crippen molar-refractivity contribution in [3.63, 3.8) is 0 Å². The molecular formula is C21H28F3N3O4S. The molecule has 0 amide bonds. The van der Waals surface area contributed by atoms with Gasteiger partial charge in [-0.2, -0.15) is 18.3 Å². The van der Waals surface area contributed by atoms with Gasteiger partial charge in [-0.25, -0.2) is 0 Å². The van der Waals surface area contributed by atoms with Crippen LogP contribution in [0.5, 0.6) is 0 Å². The van der Waals surface area contributed by atoms with Crippen LogP contribution in [0.15, 0.2) is 12.4 Å². The highest BCUT2D eigenvalue weighted by Gasteiger charge is 2.48. The minimum absolute atomic E-state index is 0.00717. The lowest BCUT2D eigenvalue weighted by Crippen LogP contribution is -2.50. The van der Waals surface area contributed by atoms with Crippen molar-refractivity contribution in [2.45, 2.75) is 69.8 Å². The van der Waals surface area contributed by atoms with Gasteiger partial charge < -0.3 is 20.1 Å². The SMILES string of the molecule is C[C@H]1C[C@@]2(CCN1Cc1cnn(CC(O)CO)c1)OCCc1c2sc(C(F)(F)F)c1CO. The molecule has 4 rings (SSSR count). The number of thiophene rings is 1. The fourth-order valence-electron chi connectivity index (χ4n) is 4.86. The number of piperidine rings is 1. The molecule has 3 N–H and O–H groups in total. The zero-order chi connectivity index (χ0) is 23.1. The average molecular weight is 476 g/mol. The minimum Gasteiger partial charge on any atom is -0.394 e. The summed E-state index contributed by atoms with van der Waals surface area (Å²) in [7, 11) is 0. The van der Waals surface area contributed by atoms with E-state index in [9.17, 15) is 23.4 Å². The van der Waals surface area contributed by atoms with E-state index in [1.807, 2.05) is 13.1 Å². The summed E-state index contributed by atoms with van der Waals surface area (Å²) in [4.78, 5) is 2.16. The first-order chi connectivity index (χ1) is 15.2. The Bertz CT molecular complexity index is 947. The first-order valence-corrected chi connectivity index (χ1v) is 11.5. The molecule has 0 aromatic carbocycles. The molecular weight excluding hydrogens is 447 g/mol. The third-order valence-electron chi connectivity index (χ3n) is 6.41. The Labute approximate surface area is 188 Å². The van der Waals surface area contributed by atoms with Gasteiger partial charge in [-0.05, 0) is 31.7 Å². The first-order valence-electron chi connectivity index (χ1n) is 10.7. The molecule has 1 unspecified atom stereocenters. The molecule has 1 spiro atoms. The van der Waals surface area contributed by atoms with Crippen molar-refractivity contribution in [2.24, 2.45) is 0 Å². The van der Waals surface area contributed by atoms with Crippen LogP contribution in [-0.2, 0) is 42.6 Å². The van der Waals surface area contributed by atoms with E-state index in [-0.39, 0.29) is 24.8 Å². The van der Waals surface area contributed by atoms with Crippen molar-refractivity contribution >= 4 is 11.3 Å². The van der Waals surface area contributed by atoms with Crippen molar-refractivity contribution in [1.82, 2.24) is 14.7 Å². The van der Waals surface area contributed by atoms with Crippen molar-refractivity contribution in [3.05, 3.63) is 38.8 Å². The molecule has 1 fully saturated rings. The van der Waals surface area contributed by atoms with E-state index in [0.29, 0.717) is 49.4 Å². The molecule has 2 aliphatic heterocycles. The molecule has 0 bridgehead atoms. The Morgan fingerprint density at radius 2 is 2.16 bits per heavy atom. The molecule has 2 aromatic heterocycles. The van der Waals surface area contributed by atoms with Crippen molar-refractivity contribution in [1.29, 1.82) is 0 Å². The molecule has 178 valence electrons. The number of hydrogen-bond acceptors (Lipinski definition) is 7. The third-order valence-corrected chi connectivity index (χ3v) is 7.91. The summed E-state index contributed by atoms with van der Waals surface area (Å²) < 4.78 is 48.5. The summed E-state index contributed by atoms with van der Waals surface area (Å²) >= 11 is 0.731. The average Bonchev–Trinajstić information content (AvgIpc) is 3.35. The molecule has 2 aromatic rings. The number of aliphatic hydroxyl groups is 3. The van der Waals surface area contributed by atoms with E-state index >= 15 is 0 Å². The van der Waals surface area contributed by atoms with Crippen molar-refractivity contribution in [2.75, 3.05) is 19.8 Å². The van der Waals surface area contributed by atoms with Gasteiger partial charge >= 0.3 is 6.18 Å². The Morgan fingerprint density at radius 1 is 1.38 bits per heavy atom. The van der Waals surface area contributed by atoms with Crippen LogP contribution in [0.3, 0.4) is 0 Å². The Balaban J connectivity index is 1.51. The first kappa shape index (κ1) is 23.7. The number of hydrogen-bond donors (Lipinski definition) is 3. The molecule has 11 heteroatoms. The predicted molar refractivity (Wildman–Crippen MR) is 111 cm³/mol. The second-order valence-corrected chi connectivity index (χ2v) is 9.67. The van der Waals surface area contributed by atoms with E-state index in [4.69, 9.17) is 9.84 Å². The lowest BCUT2D eigenvalue weighted by Gasteiger charge is -2.47. The molecule has 32 heavy (non-hydrogen) atoms. The summed E-state index contributed by atoms with van der Waals surface area (Å²) in [6.07, 6.45) is -0.282. The molecule has 0 radical (unpaired) electrons. The smallest absolute Gasteiger partial charge is 0.394 e. The number of ether oxygens (including phenoxy) is 1. The molecule has 0 aliphatic carbocycles. The molecule has 2 aliphatic rings. The van der Waals surface area contributed by atoms with Gasteiger partial charge in [0.15, 0.2) is 0 Å². The summed E-state index contributed by atoms with van der Waals surface area (Å²) in [5, 5.41) is 32.4. The highest BCUT2D eigenvalue weighted by atomic mass is 32.1. The van der Waals surface area contributed by atoms with Crippen molar-refractivity contribution < 1.29 is 33.2 Å². The fourth-order valence-corrected chi connectivity index (χ4v) is 6.27. The normalized spacial score (nSPS) is 25.3. The highest BCUT2D eigenvalue weighted by molar-refractivity contribution is 7.12. The number of likely N-dealkylation sites (tertiary alicyclic amines) is 1. The maximum absolute atomic E-state index is 13.6. The predicted octanol–water partition coefficient (Wildman–Crippen LogP) is 2.26. The fraction of sp³-hybridized carbons (Fsp3) is 0.667. The van der Waals surface area contributed by atoms with E-state index in [1.165, 1.54) is 0 Å². The van der Waals surface area contributed by atoms with Gasteiger partial charge in [0.2, 0.25) is 0 Å². The zero-order valence-electron chi connectivity index (χ0n) is 17.8. The summed E-state index contributed by atoms with van der Waals surface area (Å²) in [6.45, 7) is 2.92. The number of fused-ring (bicyclic) bond motifs is 2. The Morgan fingerprint density at radius 3 is 2.81 bits per heavy atom. The molecule has 1 saturated heterocycles. The molecule has 0 saturated carbocycles. The number of halogens is 3. The number of aromatic nitrogens is 2. The van der Waals surface area contributed by atoms with Crippen molar-refractivity contribution in [3.8, 4) is 0 Å². The number of rotatable bonds is 6. The summed E-state index contributed by atoms with van der Waals surface area (Å²) in [5.74, 6) is 0. The van der Waals surface area contributed by atoms with Gasteiger partial charge in [0.1, 0.15) is 10.5 Å². The summed E-state index contributed by atoms with van der Waals surface area (Å²) in [6, 6.07) is 0.0649. The Hall–Kier alpha value is -1.50. The molecule has 4 heterocycles. The van der Waals surface area contributed by atoms with E-state index in [2.05, 4.69) is 10.00 Å². The lowest BCUT2D eigenvalue weighted by atomic mass is 9.81. The summed E-state index contributed by atoms with van der Waals surface area (Å²) in [5.41, 5.74) is 0.825. The minimum atomic E-state index is -4.49. The van der Waals surface area contributed by atoms with Crippen LogP contribution < -0.4 is 0 Å². The molecule has 3 atom stereocenters. The second kappa shape index (κ2) is 9.03. The topological polar surface area (TPSA) is 91.0 Å². The lowest BCUT2D eigenvalue weighted by molar-refractivity contribution is -0.135. The molecule has 7 nitrogen and oxygen atoms in total. The van der Waals surface area contributed by atoms with Crippen LogP contribution >= 0.6 is 11.3 Å². The largest absolute Gasteiger partial charge is 0.425 e. The van der Waals surface area contributed by atoms with Gasteiger partial charge in [0.05, 0.1) is 38.7 Å². The maximum Gasteiger partial charge on any atom is 0.425 e. The quantitative estimate of drug-likeness (QED) is 0.594. The third kappa shape index (κ3) is 4.46. The van der Waals surface area contributed by atoms with Crippen LogP contribution in [0.2, 0.25) is 0 Å². The standard InChI is InChI=1S/C21H28F3N3O4S/c1-13-6-20(3-4-26(13)8-14-7-25-27(9-14)10-15(30)11-28)18-16(2-5-31-20)17(12-29)19(32-18)21(22,23)24/h7,9,13,15,28-30H,2-6,8,10-12H2,1H3/t13-,15?,20+/m0/s1. The van der Waals surface area contributed by atoms with Crippen LogP contribution in [0.1, 0.15) is 46.2 Å². The van der Waals surface area contributed by atoms with Crippen LogP contribution in [-0.4, -0.2) is 61.9 Å². The van der Waals surface area contributed by atoms with Gasteiger partial charge in [-0.1, -0.05) is 0 Å². The van der Waals surface area contributed by atoms with E-state index in [0.717, 1.165) is 16.9 Å². The number of alkyl halides is 3.